The molecule has 18 heavy (non-hydrogen) atoms. The van der Waals surface area contributed by atoms with Gasteiger partial charge in [-0.05, 0) is 31.3 Å². The molecule has 2 N–H and O–H groups in total. The number of aromatic nitrogens is 2. The molecule has 0 aliphatic carbocycles. The minimum Gasteiger partial charge on any atom is -0.336 e. The minimum atomic E-state index is 0.259. The van der Waals surface area contributed by atoms with Crippen LogP contribution in [0.4, 0.5) is 0 Å². The maximum Gasteiger partial charge on any atom is 0.0946 e. The van der Waals surface area contributed by atoms with Gasteiger partial charge in [0.15, 0.2) is 0 Å². The summed E-state index contributed by atoms with van der Waals surface area (Å²) in [4.78, 5) is 4.13. The number of nitrogens with one attached hydrogen (secondary N) is 2. The van der Waals surface area contributed by atoms with Crippen molar-refractivity contribution >= 4 is 0 Å². The van der Waals surface area contributed by atoms with Crippen LogP contribution < -0.4 is 10.6 Å². The van der Waals surface area contributed by atoms with Crippen LogP contribution in [0.3, 0.4) is 0 Å². The predicted octanol–water partition coefficient (Wildman–Crippen LogP) is 1.64. The van der Waals surface area contributed by atoms with Crippen molar-refractivity contribution in [1.82, 2.24) is 20.2 Å². The van der Waals surface area contributed by atoms with Gasteiger partial charge in [0.25, 0.3) is 0 Å². The van der Waals surface area contributed by atoms with E-state index in [1.807, 2.05) is 18.7 Å². The summed E-state index contributed by atoms with van der Waals surface area (Å²) in [7, 11) is 0. The van der Waals surface area contributed by atoms with Crippen LogP contribution in [0.15, 0.2) is 18.7 Å². The average molecular weight is 250 g/mol. The van der Waals surface area contributed by atoms with Gasteiger partial charge in [0.05, 0.1) is 6.33 Å². The number of nitrogens with zero attached hydrogens (tertiary/aromatic N) is 2. The molecule has 1 aromatic rings. The molecule has 0 radical (unpaired) electrons. The van der Waals surface area contributed by atoms with Crippen molar-refractivity contribution in [3.63, 3.8) is 0 Å². The zero-order valence-electron chi connectivity index (χ0n) is 11.8. The van der Waals surface area contributed by atoms with E-state index in [1.165, 1.54) is 12.8 Å². The van der Waals surface area contributed by atoms with E-state index in [2.05, 4.69) is 41.0 Å². The van der Waals surface area contributed by atoms with Gasteiger partial charge in [-0.15, -0.1) is 0 Å². The van der Waals surface area contributed by atoms with Crippen molar-refractivity contribution in [2.75, 3.05) is 13.1 Å². The van der Waals surface area contributed by atoms with Crippen molar-refractivity contribution in [3.8, 4) is 0 Å². The molecule has 0 aromatic carbocycles. The van der Waals surface area contributed by atoms with Crippen molar-refractivity contribution in [2.45, 2.75) is 52.2 Å². The van der Waals surface area contributed by atoms with E-state index in [4.69, 9.17) is 0 Å². The molecule has 0 bridgehead atoms. The Morgan fingerprint density at radius 1 is 1.39 bits per heavy atom. The van der Waals surface area contributed by atoms with Crippen molar-refractivity contribution in [3.05, 3.63) is 18.7 Å². The van der Waals surface area contributed by atoms with Crippen LogP contribution in [-0.4, -0.2) is 34.7 Å². The minimum absolute atomic E-state index is 0.259. The summed E-state index contributed by atoms with van der Waals surface area (Å²) in [6.45, 7) is 10.2. The molecule has 1 saturated heterocycles. The summed E-state index contributed by atoms with van der Waals surface area (Å²) in [5, 5.41) is 7.26. The van der Waals surface area contributed by atoms with Gasteiger partial charge in [0.1, 0.15) is 0 Å². The molecule has 0 spiro atoms. The Hall–Kier alpha value is -0.870. The quantitative estimate of drug-likeness (QED) is 0.853. The van der Waals surface area contributed by atoms with Crippen LogP contribution in [0.5, 0.6) is 0 Å². The van der Waals surface area contributed by atoms with Gasteiger partial charge in [0.2, 0.25) is 0 Å². The van der Waals surface area contributed by atoms with Gasteiger partial charge in [-0.3, -0.25) is 0 Å². The van der Waals surface area contributed by atoms with E-state index in [0.717, 1.165) is 19.6 Å². The molecule has 4 heteroatoms. The lowest BCUT2D eigenvalue weighted by molar-refractivity contribution is 0.206. The lowest BCUT2D eigenvalue weighted by Crippen LogP contribution is -2.51. The van der Waals surface area contributed by atoms with E-state index in [9.17, 15) is 0 Å². The van der Waals surface area contributed by atoms with Crippen LogP contribution >= 0.6 is 0 Å². The summed E-state index contributed by atoms with van der Waals surface area (Å²) in [6.07, 6.45) is 8.27. The molecule has 4 nitrogen and oxygen atoms in total. The topological polar surface area (TPSA) is 41.9 Å². The zero-order valence-corrected chi connectivity index (χ0v) is 11.8. The fraction of sp³-hybridized carbons (Fsp3) is 0.786. The van der Waals surface area contributed by atoms with E-state index < -0.39 is 0 Å². The van der Waals surface area contributed by atoms with Crippen molar-refractivity contribution in [1.29, 1.82) is 0 Å². The maximum absolute atomic E-state index is 4.13. The molecule has 0 amide bonds. The molecule has 102 valence electrons. The standard InChI is InChI=1S/C14H26N4/c1-14(2,3)13(10-18-9-8-16-11-18)17-12-4-6-15-7-5-12/h8-9,11-13,15,17H,4-7,10H2,1-3H3. The highest BCUT2D eigenvalue weighted by Gasteiger charge is 2.27. The molecule has 1 aromatic heterocycles. The molecule has 1 aliphatic rings. The van der Waals surface area contributed by atoms with E-state index >= 15 is 0 Å². The lowest BCUT2D eigenvalue weighted by atomic mass is 9.85. The molecular formula is C14H26N4. The highest BCUT2D eigenvalue weighted by Crippen LogP contribution is 2.22. The first-order chi connectivity index (χ1) is 8.55. The number of piperidine rings is 1. The molecule has 0 saturated carbocycles. The number of rotatable bonds is 4. The molecule has 2 rings (SSSR count). The summed E-state index contributed by atoms with van der Waals surface area (Å²) < 4.78 is 2.17. The van der Waals surface area contributed by atoms with Gasteiger partial charge in [-0.25, -0.2) is 4.98 Å². The second kappa shape index (κ2) is 5.85. The van der Waals surface area contributed by atoms with E-state index in [1.54, 1.807) is 0 Å². The second-order valence-electron chi connectivity index (χ2n) is 6.37. The van der Waals surface area contributed by atoms with Gasteiger partial charge in [-0.1, -0.05) is 20.8 Å². The van der Waals surface area contributed by atoms with Gasteiger partial charge in [-0.2, -0.15) is 0 Å². The van der Waals surface area contributed by atoms with Gasteiger partial charge < -0.3 is 15.2 Å². The molecule has 1 aliphatic heterocycles. The maximum atomic E-state index is 4.13. The summed E-state index contributed by atoms with van der Waals surface area (Å²) in [6, 6.07) is 1.13. The largest absolute Gasteiger partial charge is 0.336 e. The summed E-state index contributed by atoms with van der Waals surface area (Å²) in [5.74, 6) is 0. The van der Waals surface area contributed by atoms with Crippen molar-refractivity contribution in [2.24, 2.45) is 5.41 Å². The SMILES string of the molecule is CC(C)(C)C(Cn1ccnc1)NC1CCNCC1. The normalized spacial score (nSPS) is 19.9. The highest BCUT2D eigenvalue weighted by molar-refractivity contribution is 4.88. The van der Waals surface area contributed by atoms with Gasteiger partial charge in [0, 0.05) is 31.0 Å². The molecule has 1 unspecified atom stereocenters. The van der Waals surface area contributed by atoms with Crippen LogP contribution in [-0.2, 0) is 6.54 Å². The lowest BCUT2D eigenvalue weighted by Gasteiger charge is -2.36. The average Bonchev–Trinajstić information content (AvgIpc) is 2.81. The number of imidazole rings is 1. The third-order valence-corrected chi connectivity index (χ3v) is 3.77. The monoisotopic (exact) mass is 250 g/mol. The first-order valence-corrected chi connectivity index (χ1v) is 6.98. The third kappa shape index (κ3) is 3.82. The Kier molecular flexibility index (Phi) is 4.40. The predicted molar refractivity (Wildman–Crippen MR) is 74.5 cm³/mol. The third-order valence-electron chi connectivity index (χ3n) is 3.77. The summed E-state index contributed by atoms with van der Waals surface area (Å²) >= 11 is 0. The summed E-state index contributed by atoms with van der Waals surface area (Å²) in [5.41, 5.74) is 0.259. The first-order valence-electron chi connectivity index (χ1n) is 6.98. The Balaban J connectivity index is 1.96. The van der Waals surface area contributed by atoms with Crippen molar-refractivity contribution < 1.29 is 0 Å². The fourth-order valence-corrected chi connectivity index (χ4v) is 2.46. The Morgan fingerprint density at radius 2 is 2.11 bits per heavy atom. The number of hydrogen-bond donors (Lipinski definition) is 2. The molecule has 1 fully saturated rings. The van der Waals surface area contributed by atoms with Crippen LogP contribution in [0.2, 0.25) is 0 Å². The van der Waals surface area contributed by atoms with Crippen LogP contribution in [0, 0.1) is 5.41 Å². The highest BCUT2D eigenvalue weighted by atomic mass is 15.1. The van der Waals surface area contributed by atoms with E-state index in [-0.39, 0.29) is 5.41 Å². The molecule has 1 atom stereocenters. The molecule has 2 heterocycles. The Labute approximate surface area is 110 Å². The van der Waals surface area contributed by atoms with Crippen LogP contribution in [0.1, 0.15) is 33.6 Å². The second-order valence-corrected chi connectivity index (χ2v) is 6.37. The van der Waals surface area contributed by atoms with Gasteiger partial charge >= 0.3 is 0 Å². The Bertz CT molecular complexity index is 333. The smallest absolute Gasteiger partial charge is 0.0946 e. The molecular weight excluding hydrogens is 224 g/mol. The first kappa shape index (κ1) is 13.6. The fourth-order valence-electron chi connectivity index (χ4n) is 2.46. The van der Waals surface area contributed by atoms with Crippen LogP contribution in [0.25, 0.3) is 0 Å². The number of hydrogen-bond acceptors (Lipinski definition) is 3. The van der Waals surface area contributed by atoms with E-state index in [0.29, 0.717) is 12.1 Å². The Morgan fingerprint density at radius 3 is 2.67 bits per heavy atom. The zero-order chi connectivity index (χ0) is 13.0.